The van der Waals surface area contributed by atoms with Gasteiger partial charge in [-0.15, -0.1) is 0 Å². The number of carbonyl (C=O) groups excluding carboxylic acids is 1. The SMILES string of the molecule is C[C@]1(O)CCC[C@@H](Nc2nc(N[C@H]3CC[C@H](OCC(F)(F)F)CC3)ncc2C(N)=O)C1. The summed E-state index contributed by atoms with van der Waals surface area (Å²) in [5.41, 5.74) is 4.85. The molecule has 31 heavy (non-hydrogen) atoms. The van der Waals surface area contributed by atoms with Crippen molar-refractivity contribution in [1.82, 2.24) is 9.97 Å². The Labute approximate surface area is 179 Å². The lowest BCUT2D eigenvalue weighted by Crippen LogP contribution is -2.38. The van der Waals surface area contributed by atoms with E-state index in [-0.39, 0.29) is 17.6 Å². The van der Waals surface area contributed by atoms with E-state index in [0.717, 1.165) is 19.3 Å². The largest absolute Gasteiger partial charge is 0.411 e. The van der Waals surface area contributed by atoms with Gasteiger partial charge in [-0.05, 0) is 58.3 Å². The number of ether oxygens (including phenoxy) is 1. The number of rotatable bonds is 7. The number of amides is 1. The lowest BCUT2D eigenvalue weighted by Gasteiger charge is -2.34. The van der Waals surface area contributed by atoms with E-state index in [0.29, 0.717) is 43.9 Å². The van der Waals surface area contributed by atoms with Crippen molar-refractivity contribution in [2.75, 3.05) is 17.2 Å². The minimum atomic E-state index is -4.32. The van der Waals surface area contributed by atoms with Crippen molar-refractivity contribution in [3.63, 3.8) is 0 Å². The molecule has 0 saturated heterocycles. The number of alkyl halides is 3. The molecular weight excluding hydrogens is 415 g/mol. The van der Waals surface area contributed by atoms with E-state index in [1.807, 2.05) is 0 Å². The van der Waals surface area contributed by atoms with Gasteiger partial charge in [0.15, 0.2) is 0 Å². The molecule has 2 atom stereocenters. The third kappa shape index (κ3) is 7.20. The molecule has 0 aliphatic heterocycles. The van der Waals surface area contributed by atoms with Gasteiger partial charge < -0.3 is 26.2 Å². The number of nitrogens with one attached hydrogen (secondary N) is 2. The second-order valence-electron chi connectivity index (χ2n) is 8.80. The Morgan fingerprint density at radius 2 is 1.97 bits per heavy atom. The highest BCUT2D eigenvalue weighted by Gasteiger charge is 2.32. The number of aliphatic hydroxyl groups is 1. The maximum Gasteiger partial charge on any atom is 0.411 e. The Morgan fingerprint density at radius 1 is 1.26 bits per heavy atom. The molecule has 0 aromatic carbocycles. The fourth-order valence-electron chi connectivity index (χ4n) is 4.29. The number of hydrogen-bond donors (Lipinski definition) is 4. The summed E-state index contributed by atoms with van der Waals surface area (Å²) in [6, 6.07) is -0.0563. The van der Waals surface area contributed by atoms with Crippen LogP contribution in [0.25, 0.3) is 0 Å². The van der Waals surface area contributed by atoms with Crippen molar-refractivity contribution >= 4 is 17.7 Å². The number of nitrogens with two attached hydrogens (primary N) is 1. The fraction of sp³-hybridized carbons (Fsp3) is 0.750. The second-order valence-corrected chi connectivity index (χ2v) is 8.80. The Balaban J connectivity index is 1.60. The first-order chi connectivity index (χ1) is 14.5. The maximum absolute atomic E-state index is 12.3. The summed E-state index contributed by atoms with van der Waals surface area (Å²) in [6.45, 7) is 0.564. The minimum absolute atomic E-state index is 0.00608. The van der Waals surface area contributed by atoms with Crippen molar-refractivity contribution in [2.24, 2.45) is 5.73 Å². The number of nitrogens with zero attached hydrogens (tertiary/aromatic N) is 2. The molecule has 5 N–H and O–H groups in total. The van der Waals surface area contributed by atoms with Gasteiger partial charge in [0, 0.05) is 18.3 Å². The van der Waals surface area contributed by atoms with Crippen molar-refractivity contribution in [3.8, 4) is 0 Å². The topological polar surface area (TPSA) is 122 Å². The van der Waals surface area contributed by atoms with Gasteiger partial charge in [-0.1, -0.05) is 0 Å². The van der Waals surface area contributed by atoms with Gasteiger partial charge in [0.1, 0.15) is 12.4 Å². The zero-order valence-corrected chi connectivity index (χ0v) is 17.5. The summed E-state index contributed by atoms with van der Waals surface area (Å²) in [5.74, 6) is -0.0245. The van der Waals surface area contributed by atoms with Crippen LogP contribution in [0.5, 0.6) is 0 Å². The summed E-state index contributed by atoms with van der Waals surface area (Å²) in [6.07, 6.45) is 1.84. The molecule has 2 aliphatic rings. The Kier molecular flexibility index (Phi) is 7.25. The van der Waals surface area contributed by atoms with Gasteiger partial charge in [0.25, 0.3) is 5.91 Å². The third-order valence-electron chi connectivity index (χ3n) is 5.84. The lowest BCUT2D eigenvalue weighted by molar-refractivity contribution is -0.187. The van der Waals surface area contributed by atoms with E-state index in [1.165, 1.54) is 6.20 Å². The number of aromatic nitrogens is 2. The molecule has 1 aromatic heterocycles. The average Bonchev–Trinajstić information content (AvgIpc) is 2.66. The summed E-state index contributed by atoms with van der Waals surface area (Å²) < 4.78 is 41.9. The number of primary amides is 1. The predicted octanol–water partition coefficient (Wildman–Crippen LogP) is 2.98. The van der Waals surface area contributed by atoms with Crippen molar-refractivity contribution in [1.29, 1.82) is 0 Å². The first-order valence-electron chi connectivity index (χ1n) is 10.6. The van der Waals surface area contributed by atoms with E-state index in [4.69, 9.17) is 10.5 Å². The maximum atomic E-state index is 12.3. The van der Waals surface area contributed by atoms with E-state index >= 15 is 0 Å². The molecule has 1 amide bonds. The molecule has 3 rings (SSSR count). The van der Waals surface area contributed by atoms with Gasteiger partial charge >= 0.3 is 6.18 Å². The van der Waals surface area contributed by atoms with Gasteiger partial charge in [0.05, 0.1) is 17.3 Å². The molecule has 1 heterocycles. The second kappa shape index (κ2) is 9.56. The Morgan fingerprint density at radius 3 is 2.58 bits per heavy atom. The number of hydrogen-bond acceptors (Lipinski definition) is 7. The van der Waals surface area contributed by atoms with Crippen LogP contribution < -0.4 is 16.4 Å². The van der Waals surface area contributed by atoms with Gasteiger partial charge in [0.2, 0.25) is 5.95 Å². The number of halogens is 3. The number of anilines is 2. The predicted molar refractivity (Wildman–Crippen MR) is 109 cm³/mol. The third-order valence-corrected chi connectivity index (χ3v) is 5.84. The standard InChI is InChI=1S/C20H30F3N5O3/c1-19(30)8-2-3-13(9-19)26-17-15(16(24)29)10-25-18(28-17)27-12-4-6-14(7-5-12)31-11-20(21,22)23/h10,12-14,30H,2-9,11H2,1H3,(H2,24,29)(H2,25,26,27,28)/t12-,13-,14-,19+/m1/s1. The molecule has 2 fully saturated rings. The van der Waals surface area contributed by atoms with E-state index < -0.39 is 30.4 Å². The molecule has 174 valence electrons. The average molecular weight is 445 g/mol. The summed E-state index contributed by atoms with van der Waals surface area (Å²) in [5, 5.41) is 16.7. The number of carbonyl (C=O) groups is 1. The molecule has 0 radical (unpaired) electrons. The van der Waals surface area contributed by atoms with Crippen LogP contribution in [0.4, 0.5) is 24.9 Å². The highest BCUT2D eigenvalue weighted by Crippen LogP contribution is 2.31. The van der Waals surface area contributed by atoms with Crippen LogP contribution in [0.3, 0.4) is 0 Å². The van der Waals surface area contributed by atoms with E-state index in [1.54, 1.807) is 6.92 Å². The van der Waals surface area contributed by atoms with Crippen LogP contribution in [0.1, 0.15) is 68.6 Å². The quantitative estimate of drug-likeness (QED) is 0.509. The Bertz CT molecular complexity index is 767. The molecular formula is C20H30F3N5O3. The van der Waals surface area contributed by atoms with Crippen LogP contribution in [-0.2, 0) is 4.74 Å². The smallest absolute Gasteiger partial charge is 0.390 e. The van der Waals surface area contributed by atoms with Crippen LogP contribution in [0.2, 0.25) is 0 Å². The zero-order chi connectivity index (χ0) is 22.6. The molecule has 0 spiro atoms. The van der Waals surface area contributed by atoms with Gasteiger partial charge in [-0.25, -0.2) is 4.98 Å². The highest BCUT2D eigenvalue weighted by atomic mass is 19.4. The monoisotopic (exact) mass is 445 g/mol. The van der Waals surface area contributed by atoms with Crippen LogP contribution in [0, 0.1) is 0 Å². The summed E-state index contributed by atoms with van der Waals surface area (Å²) in [4.78, 5) is 20.4. The van der Waals surface area contributed by atoms with Crippen molar-refractivity contribution in [2.45, 2.75) is 88.3 Å². The normalized spacial score (nSPS) is 29.4. The van der Waals surface area contributed by atoms with Crippen LogP contribution in [-0.4, -0.2) is 57.6 Å². The lowest BCUT2D eigenvalue weighted by atomic mass is 9.83. The highest BCUT2D eigenvalue weighted by molar-refractivity contribution is 5.97. The first kappa shape index (κ1) is 23.5. The Hall–Kier alpha value is -2.14. The van der Waals surface area contributed by atoms with Crippen LogP contribution >= 0.6 is 0 Å². The molecule has 0 bridgehead atoms. The van der Waals surface area contributed by atoms with Gasteiger partial charge in [-0.2, -0.15) is 18.2 Å². The first-order valence-corrected chi connectivity index (χ1v) is 10.6. The molecule has 11 heteroatoms. The van der Waals surface area contributed by atoms with Crippen LogP contribution in [0.15, 0.2) is 6.20 Å². The van der Waals surface area contributed by atoms with E-state index in [2.05, 4.69) is 20.6 Å². The minimum Gasteiger partial charge on any atom is -0.390 e. The molecule has 2 saturated carbocycles. The van der Waals surface area contributed by atoms with Crippen molar-refractivity contribution in [3.05, 3.63) is 11.8 Å². The summed E-state index contributed by atoms with van der Waals surface area (Å²) >= 11 is 0. The molecule has 1 aromatic rings. The van der Waals surface area contributed by atoms with Crippen molar-refractivity contribution < 1.29 is 27.8 Å². The summed E-state index contributed by atoms with van der Waals surface area (Å²) in [7, 11) is 0. The van der Waals surface area contributed by atoms with E-state index in [9.17, 15) is 23.1 Å². The molecule has 8 nitrogen and oxygen atoms in total. The zero-order valence-electron chi connectivity index (χ0n) is 17.5. The molecule has 0 unspecified atom stereocenters. The molecule has 2 aliphatic carbocycles. The van der Waals surface area contributed by atoms with Gasteiger partial charge in [-0.3, -0.25) is 4.79 Å². The fourth-order valence-corrected chi connectivity index (χ4v) is 4.29.